The maximum absolute atomic E-state index is 5.07. The van der Waals surface area contributed by atoms with Gasteiger partial charge in [0.2, 0.25) is 0 Å². The van der Waals surface area contributed by atoms with Crippen molar-refractivity contribution in [1.29, 1.82) is 0 Å². The van der Waals surface area contributed by atoms with Crippen LogP contribution in [0.5, 0.6) is 0 Å². The van der Waals surface area contributed by atoms with Crippen molar-refractivity contribution in [1.82, 2.24) is 20.4 Å². The molecular formula is C22H29N5. The molecule has 5 nitrogen and oxygen atoms in total. The Bertz CT molecular complexity index is 881. The molecule has 1 unspecified atom stereocenters. The molecule has 2 aliphatic heterocycles. The Morgan fingerprint density at radius 2 is 2.04 bits per heavy atom. The third-order valence-corrected chi connectivity index (χ3v) is 6.54. The average molecular weight is 364 g/mol. The van der Waals surface area contributed by atoms with E-state index < -0.39 is 0 Å². The molecule has 2 aromatic rings. The van der Waals surface area contributed by atoms with E-state index in [9.17, 15) is 0 Å². The first-order chi connectivity index (χ1) is 13.2. The fraction of sp³-hybridized carbons (Fsp3) is 0.500. The van der Waals surface area contributed by atoms with Crippen LogP contribution >= 0.6 is 0 Å². The van der Waals surface area contributed by atoms with Gasteiger partial charge in [-0.1, -0.05) is 25.8 Å². The van der Waals surface area contributed by atoms with Gasteiger partial charge in [-0.15, -0.1) is 0 Å². The molecule has 1 aromatic heterocycles. The Morgan fingerprint density at radius 3 is 2.93 bits per heavy atom. The van der Waals surface area contributed by atoms with E-state index in [1.165, 1.54) is 48.1 Å². The zero-order chi connectivity index (χ0) is 18.4. The molecule has 5 heteroatoms. The average Bonchev–Trinajstić information content (AvgIpc) is 3.23. The van der Waals surface area contributed by atoms with Gasteiger partial charge in [0.25, 0.3) is 0 Å². The Labute approximate surface area is 161 Å². The van der Waals surface area contributed by atoms with Crippen LogP contribution in [-0.2, 0) is 13.1 Å². The van der Waals surface area contributed by atoms with E-state index in [0.717, 1.165) is 24.6 Å². The van der Waals surface area contributed by atoms with Crippen molar-refractivity contribution in [3.8, 4) is 0 Å². The topological polar surface area (TPSA) is 53.9 Å². The molecule has 1 aliphatic carbocycles. The Hall–Kier alpha value is -2.27. The lowest BCUT2D eigenvalue weighted by Crippen LogP contribution is -2.24. The number of benzene rings is 1. The van der Waals surface area contributed by atoms with Gasteiger partial charge in [-0.3, -0.25) is 4.68 Å². The highest BCUT2D eigenvalue weighted by Gasteiger charge is 2.28. The maximum atomic E-state index is 5.07. The number of nitrogens with one attached hydrogen (secondary N) is 3. The molecule has 5 rings (SSSR count). The van der Waals surface area contributed by atoms with Gasteiger partial charge in [0.05, 0.1) is 11.7 Å². The highest BCUT2D eigenvalue weighted by molar-refractivity contribution is 5.67. The van der Waals surface area contributed by atoms with Crippen molar-refractivity contribution in [2.24, 2.45) is 5.92 Å². The highest BCUT2D eigenvalue weighted by Crippen LogP contribution is 2.38. The standard InChI is InChI=1S/C22H29N5/c1-14-5-3-4-6-20(14)27-21-9-10-23-13-19(21)22(26-27)25-17-7-8-18-15(2)24-12-16(18)11-17/h7-11,14-15,20,23-24H,3-6,12-13H2,1-2H3,(H,25,26)/t14-,15?,20-/m0/s1. The quantitative estimate of drug-likeness (QED) is 0.745. The van der Waals surface area contributed by atoms with Crippen LogP contribution in [0.1, 0.15) is 74.0 Å². The molecule has 27 heavy (non-hydrogen) atoms. The fourth-order valence-electron chi connectivity index (χ4n) is 4.91. The lowest BCUT2D eigenvalue weighted by molar-refractivity contribution is 0.239. The summed E-state index contributed by atoms with van der Waals surface area (Å²) in [6.45, 7) is 6.38. The van der Waals surface area contributed by atoms with Crippen LogP contribution in [0.25, 0.3) is 6.08 Å². The maximum Gasteiger partial charge on any atom is 0.158 e. The van der Waals surface area contributed by atoms with Crippen LogP contribution in [0, 0.1) is 5.92 Å². The molecule has 0 radical (unpaired) electrons. The van der Waals surface area contributed by atoms with E-state index in [0.29, 0.717) is 18.0 Å². The van der Waals surface area contributed by atoms with Crippen molar-refractivity contribution in [2.75, 3.05) is 5.32 Å². The summed E-state index contributed by atoms with van der Waals surface area (Å²) in [5.41, 5.74) is 6.48. The molecule has 3 N–H and O–H groups in total. The summed E-state index contributed by atoms with van der Waals surface area (Å²) in [5, 5.41) is 15.6. The SMILES string of the molecule is CC1NCc2cc(Nc3nn([C@H]4CCCC[C@@H]4C)c4c3CNC=C4)ccc21. The number of hydrogen-bond donors (Lipinski definition) is 3. The van der Waals surface area contributed by atoms with Gasteiger partial charge in [0.15, 0.2) is 5.82 Å². The van der Waals surface area contributed by atoms with E-state index >= 15 is 0 Å². The summed E-state index contributed by atoms with van der Waals surface area (Å²) in [7, 11) is 0. The van der Waals surface area contributed by atoms with E-state index in [-0.39, 0.29) is 0 Å². The summed E-state index contributed by atoms with van der Waals surface area (Å²) in [6, 6.07) is 7.65. The van der Waals surface area contributed by atoms with Crippen LogP contribution in [0.4, 0.5) is 11.5 Å². The second kappa shape index (κ2) is 6.71. The lowest BCUT2D eigenvalue weighted by atomic mass is 9.86. The van der Waals surface area contributed by atoms with Gasteiger partial charge >= 0.3 is 0 Å². The summed E-state index contributed by atoms with van der Waals surface area (Å²) in [6.07, 6.45) is 9.45. The Kier molecular flexibility index (Phi) is 4.20. The van der Waals surface area contributed by atoms with Gasteiger partial charge in [-0.25, -0.2) is 0 Å². The van der Waals surface area contributed by atoms with Crippen molar-refractivity contribution < 1.29 is 0 Å². The van der Waals surface area contributed by atoms with Gasteiger partial charge < -0.3 is 16.0 Å². The van der Waals surface area contributed by atoms with Gasteiger partial charge in [0, 0.05) is 30.4 Å². The molecule has 1 fully saturated rings. The van der Waals surface area contributed by atoms with Crippen molar-refractivity contribution in [2.45, 2.75) is 64.7 Å². The molecular weight excluding hydrogens is 334 g/mol. The molecule has 1 aromatic carbocycles. The van der Waals surface area contributed by atoms with Gasteiger partial charge in [0.1, 0.15) is 0 Å². The minimum absolute atomic E-state index is 0.447. The van der Waals surface area contributed by atoms with Crippen molar-refractivity contribution >= 4 is 17.6 Å². The molecule has 3 atom stereocenters. The molecule has 3 heterocycles. The summed E-state index contributed by atoms with van der Waals surface area (Å²) < 4.78 is 2.30. The summed E-state index contributed by atoms with van der Waals surface area (Å²) in [4.78, 5) is 0. The fourth-order valence-corrected chi connectivity index (χ4v) is 4.91. The number of aromatic nitrogens is 2. The minimum Gasteiger partial charge on any atom is -0.387 e. The molecule has 0 spiro atoms. The lowest BCUT2D eigenvalue weighted by Gasteiger charge is -2.30. The molecule has 1 saturated carbocycles. The minimum atomic E-state index is 0.447. The van der Waals surface area contributed by atoms with Crippen molar-refractivity contribution in [3.63, 3.8) is 0 Å². The van der Waals surface area contributed by atoms with Crippen LogP contribution in [-0.4, -0.2) is 9.78 Å². The second-order valence-electron chi connectivity index (χ2n) is 8.34. The van der Waals surface area contributed by atoms with Crippen molar-refractivity contribution in [3.05, 3.63) is 46.8 Å². The van der Waals surface area contributed by atoms with E-state index in [1.54, 1.807) is 0 Å². The molecule has 0 saturated heterocycles. The zero-order valence-electron chi connectivity index (χ0n) is 16.3. The largest absolute Gasteiger partial charge is 0.387 e. The van der Waals surface area contributed by atoms with Crippen LogP contribution in [0.2, 0.25) is 0 Å². The smallest absolute Gasteiger partial charge is 0.158 e. The number of anilines is 2. The van der Waals surface area contributed by atoms with E-state index in [4.69, 9.17) is 5.10 Å². The summed E-state index contributed by atoms with van der Waals surface area (Å²) in [5.74, 6) is 1.69. The molecule has 142 valence electrons. The first-order valence-corrected chi connectivity index (χ1v) is 10.4. The second-order valence-corrected chi connectivity index (χ2v) is 8.34. The third kappa shape index (κ3) is 2.94. The zero-order valence-corrected chi connectivity index (χ0v) is 16.3. The monoisotopic (exact) mass is 363 g/mol. The number of fused-ring (bicyclic) bond motifs is 2. The number of hydrogen-bond acceptors (Lipinski definition) is 4. The van der Waals surface area contributed by atoms with Crippen LogP contribution < -0.4 is 16.0 Å². The predicted molar refractivity (Wildman–Crippen MR) is 110 cm³/mol. The normalized spacial score (nSPS) is 26.4. The summed E-state index contributed by atoms with van der Waals surface area (Å²) >= 11 is 0. The van der Waals surface area contributed by atoms with E-state index in [1.807, 2.05) is 0 Å². The van der Waals surface area contributed by atoms with Gasteiger partial charge in [-0.05, 0) is 61.2 Å². The molecule has 0 bridgehead atoms. The molecule has 0 amide bonds. The first kappa shape index (κ1) is 16.9. The first-order valence-electron chi connectivity index (χ1n) is 10.4. The van der Waals surface area contributed by atoms with E-state index in [2.05, 4.69) is 65.0 Å². The number of nitrogens with zero attached hydrogens (tertiary/aromatic N) is 2. The molecule has 3 aliphatic rings. The van der Waals surface area contributed by atoms with Crippen LogP contribution in [0.3, 0.4) is 0 Å². The highest BCUT2D eigenvalue weighted by atomic mass is 15.3. The number of rotatable bonds is 3. The Morgan fingerprint density at radius 1 is 1.15 bits per heavy atom. The van der Waals surface area contributed by atoms with Crippen LogP contribution in [0.15, 0.2) is 24.4 Å². The van der Waals surface area contributed by atoms with Gasteiger partial charge in [-0.2, -0.15) is 5.10 Å². The Balaban J connectivity index is 1.49. The predicted octanol–water partition coefficient (Wildman–Crippen LogP) is 4.62. The third-order valence-electron chi connectivity index (χ3n) is 6.54.